The molecule has 0 unspecified atom stereocenters. The Morgan fingerprint density at radius 2 is 1.54 bits per heavy atom. The Labute approximate surface area is 240 Å². The maximum atomic E-state index is 14.2. The molecule has 2 aromatic rings. The number of carbonyl (C=O) groups excluding carboxylic acids is 1. The van der Waals surface area contributed by atoms with Crippen molar-refractivity contribution in [3.63, 3.8) is 0 Å². The Balaban J connectivity index is 1.50. The van der Waals surface area contributed by atoms with Crippen molar-refractivity contribution >= 4 is 28.6 Å². The van der Waals surface area contributed by atoms with Crippen LogP contribution in [-0.4, -0.2) is 61.9 Å². The van der Waals surface area contributed by atoms with Gasteiger partial charge in [0.15, 0.2) is 5.69 Å². The highest BCUT2D eigenvalue weighted by molar-refractivity contribution is 6.01. The fourth-order valence-corrected chi connectivity index (χ4v) is 7.42. The summed E-state index contributed by atoms with van der Waals surface area (Å²) in [6, 6.07) is 9.14. The van der Waals surface area contributed by atoms with E-state index in [4.69, 9.17) is 15.7 Å². The molecule has 1 amide bonds. The molecule has 3 heterocycles. The Morgan fingerprint density at radius 1 is 0.902 bits per heavy atom. The summed E-state index contributed by atoms with van der Waals surface area (Å²) in [4.78, 5) is 49.3. The zero-order valence-corrected chi connectivity index (χ0v) is 23.9. The zero-order chi connectivity index (χ0) is 28.8. The third-order valence-electron chi connectivity index (χ3n) is 9.16. The van der Waals surface area contributed by atoms with Gasteiger partial charge in [-0.1, -0.05) is 62.2 Å². The van der Waals surface area contributed by atoms with Crippen LogP contribution in [0.4, 0.5) is 0 Å². The first-order valence-corrected chi connectivity index (χ1v) is 15.4. The molecule has 2 saturated heterocycles. The number of aromatic nitrogens is 2. The first kappa shape index (κ1) is 29.2. The minimum Gasteiger partial charge on any atom is -0.479 e. The maximum Gasteiger partial charge on any atom is 0.344 e. The number of para-hydroxylation sites is 2. The van der Waals surface area contributed by atoms with E-state index in [0.717, 1.165) is 31.2 Å². The molecule has 41 heavy (non-hydrogen) atoms. The van der Waals surface area contributed by atoms with Gasteiger partial charge in [0, 0.05) is 37.0 Å². The van der Waals surface area contributed by atoms with Crippen LogP contribution in [-0.2, 0) is 14.4 Å². The van der Waals surface area contributed by atoms with E-state index < -0.39 is 18.5 Å². The summed E-state index contributed by atoms with van der Waals surface area (Å²) in [7, 11) is 0. The molecule has 3 aliphatic rings. The SMILES string of the molecule is NC(=O)CC/C(=N\OCC(=O)O)c1nc2ccccc2n([C@H]2C[C@H]3CCC[C@@H](C2)N3C2CCCCCCCC2)c1=O. The average molecular weight is 566 g/mol. The number of hydrogen-bond donors (Lipinski definition) is 2. The van der Waals surface area contributed by atoms with Crippen LogP contribution in [0.5, 0.6) is 0 Å². The Hall–Kier alpha value is -3.27. The van der Waals surface area contributed by atoms with Gasteiger partial charge in [0.25, 0.3) is 5.56 Å². The van der Waals surface area contributed by atoms with Crippen LogP contribution in [0.25, 0.3) is 11.0 Å². The molecule has 1 aromatic carbocycles. The van der Waals surface area contributed by atoms with E-state index >= 15 is 0 Å². The third kappa shape index (κ3) is 6.97. The molecule has 5 rings (SSSR count). The molecule has 3 fully saturated rings. The van der Waals surface area contributed by atoms with Gasteiger partial charge in [-0.3, -0.25) is 14.5 Å². The maximum absolute atomic E-state index is 14.2. The first-order valence-electron chi connectivity index (χ1n) is 15.4. The number of rotatable bonds is 9. The van der Waals surface area contributed by atoms with E-state index in [9.17, 15) is 14.4 Å². The van der Waals surface area contributed by atoms with Gasteiger partial charge in [-0.25, -0.2) is 9.78 Å². The molecule has 0 radical (unpaired) electrons. The lowest BCUT2D eigenvalue weighted by Crippen LogP contribution is -2.57. The van der Waals surface area contributed by atoms with Crippen LogP contribution in [0.3, 0.4) is 0 Å². The number of oxime groups is 1. The molecular formula is C31H43N5O5. The van der Waals surface area contributed by atoms with Crippen LogP contribution in [0, 0.1) is 0 Å². The predicted molar refractivity (Wildman–Crippen MR) is 157 cm³/mol. The van der Waals surface area contributed by atoms with Gasteiger partial charge in [-0.05, 0) is 50.7 Å². The number of primary amides is 1. The van der Waals surface area contributed by atoms with Gasteiger partial charge in [0.05, 0.1) is 11.0 Å². The first-order chi connectivity index (χ1) is 19.9. The van der Waals surface area contributed by atoms with E-state index in [2.05, 4.69) is 15.0 Å². The van der Waals surface area contributed by atoms with Crippen LogP contribution in [0.1, 0.15) is 108 Å². The summed E-state index contributed by atoms with van der Waals surface area (Å²) in [5.41, 5.74) is 6.75. The molecular weight excluding hydrogens is 522 g/mol. The number of piperidine rings is 2. The number of nitrogens with two attached hydrogens (primary N) is 1. The van der Waals surface area contributed by atoms with Crippen molar-refractivity contribution in [1.82, 2.24) is 14.5 Å². The molecule has 2 aliphatic heterocycles. The second-order valence-corrected chi connectivity index (χ2v) is 12.0. The van der Waals surface area contributed by atoms with Gasteiger partial charge in [-0.15, -0.1) is 0 Å². The topological polar surface area (TPSA) is 140 Å². The summed E-state index contributed by atoms with van der Waals surface area (Å²) in [6.45, 7) is -0.662. The highest BCUT2D eigenvalue weighted by Gasteiger charge is 2.42. The molecule has 3 N–H and O–H groups in total. The van der Waals surface area contributed by atoms with E-state index in [-0.39, 0.29) is 35.8 Å². The Kier molecular flexibility index (Phi) is 9.69. The molecule has 1 aliphatic carbocycles. The Bertz CT molecular complexity index is 1300. The van der Waals surface area contributed by atoms with Crippen LogP contribution < -0.4 is 11.3 Å². The van der Waals surface area contributed by atoms with Gasteiger partial charge in [-0.2, -0.15) is 0 Å². The molecule has 1 saturated carbocycles. The van der Waals surface area contributed by atoms with Gasteiger partial charge < -0.3 is 20.2 Å². The number of aliphatic carboxylic acids is 1. The molecule has 222 valence electrons. The normalized spacial score (nSPS) is 24.8. The van der Waals surface area contributed by atoms with Crippen LogP contribution >= 0.6 is 0 Å². The number of hydrogen-bond acceptors (Lipinski definition) is 7. The van der Waals surface area contributed by atoms with Crippen molar-refractivity contribution in [3.05, 3.63) is 40.3 Å². The molecule has 0 spiro atoms. The molecule has 2 bridgehead atoms. The van der Waals surface area contributed by atoms with Crippen LogP contribution in [0.2, 0.25) is 0 Å². The van der Waals surface area contributed by atoms with Crippen molar-refractivity contribution in [2.75, 3.05) is 6.61 Å². The summed E-state index contributed by atoms with van der Waals surface area (Å²) in [6.07, 6.45) is 15.9. The van der Waals surface area contributed by atoms with Crippen molar-refractivity contribution in [2.45, 2.75) is 120 Å². The molecule has 3 atom stereocenters. The summed E-state index contributed by atoms with van der Waals surface area (Å²) in [5.74, 6) is -1.74. The third-order valence-corrected chi connectivity index (χ3v) is 9.16. The standard InChI is InChI=1S/C31H43N5O5/c32-28(37)17-16-26(34-41-20-29(38)39)30-31(40)36(27-15-8-7-14-25(27)33-30)24-18-22-12-9-13-23(19-24)35(22)21-10-5-3-1-2-4-6-11-21/h7-8,14-15,21-24H,1-6,9-13,16-20H2,(H2,32,37)(H,38,39)/b34-26+/t22-,23+,24+. The molecule has 1 aromatic heterocycles. The van der Waals surface area contributed by atoms with Gasteiger partial charge >= 0.3 is 5.97 Å². The number of carboxylic acids is 1. The van der Waals surface area contributed by atoms with Crippen molar-refractivity contribution < 1.29 is 19.5 Å². The Morgan fingerprint density at radius 3 is 2.20 bits per heavy atom. The summed E-state index contributed by atoms with van der Waals surface area (Å²) in [5, 5.41) is 13.0. The number of benzene rings is 1. The monoisotopic (exact) mass is 565 g/mol. The van der Waals surface area contributed by atoms with Crippen molar-refractivity contribution in [3.8, 4) is 0 Å². The van der Waals surface area contributed by atoms with Crippen LogP contribution in [0.15, 0.2) is 34.2 Å². The largest absolute Gasteiger partial charge is 0.479 e. The minimum atomic E-state index is -1.19. The van der Waals surface area contributed by atoms with Gasteiger partial charge in [0.1, 0.15) is 5.71 Å². The summed E-state index contributed by atoms with van der Waals surface area (Å²) < 4.78 is 1.89. The predicted octanol–water partition coefficient (Wildman–Crippen LogP) is 4.53. The lowest BCUT2D eigenvalue weighted by Gasteiger charge is -2.53. The second kappa shape index (κ2) is 13.6. The lowest BCUT2D eigenvalue weighted by molar-refractivity contribution is -0.142. The number of nitrogens with zero attached hydrogens (tertiary/aromatic N) is 4. The fraction of sp³-hybridized carbons (Fsp3) is 0.645. The second-order valence-electron chi connectivity index (χ2n) is 12.0. The number of amides is 1. The van der Waals surface area contributed by atoms with Crippen molar-refractivity contribution in [1.29, 1.82) is 0 Å². The quantitative estimate of drug-likeness (QED) is 0.336. The molecule has 10 nitrogen and oxygen atoms in total. The number of fused-ring (bicyclic) bond motifs is 3. The number of carbonyl (C=O) groups is 2. The lowest BCUT2D eigenvalue weighted by atomic mass is 9.79. The average Bonchev–Trinajstić information content (AvgIpc) is 3.08. The fourth-order valence-electron chi connectivity index (χ4n) is 7.42. The number of carboxylic acid groups (broad SMARTS) is 1. The van der Waals surface area contributed by atoms with E-state index in [1.165, 1.54) is 57.8 Å². The zero-order valence-electron chi connectivity index (χ0n) is 23.9. The van der Waals surface area contributed by atoms with Gasteiger partial charge in [0.2, 0.25) is 12.5 Å². The highest BCUT2D eigenvalue weighted by atomic mass is 16.6. The highest BCUT2D eigenvalue weighted by Crippen LogP contribution is 2.42. The van der Waals surface area contributed by atoms with E-state index in [0.29, 0.717) is 23.6 Å². The molecule has 10 heteroatoms. The smallest absolute Gasteiger partial charge is 0.344 e. The van der Waals surface area contributed by atoms with E-state index in [1.807, 2.05) is 28.8 Å². The summed E-state index contributed by atoms with van der Waals surface area (Å²) >= 11 is 0. The van der Waals surface area contributed by atoms with Crippen molar-refractivity contribution in [2.24, 2.45) is 10.9 Å². The minimum absolute atomic E-state index is 0.00867. The van der Waals surface area contributed by atoms with E-state index in [1.54, 1.807) is 0 Å².